The van der Waals surface area contributed by atoms with E-state index in [-0.39, 0.29) is 0 Å². The fourth-order valence-corrected chi connectivity index (χ4v) is 4.96. The number of hydrogen-bond donors (Lipinski definition) is 1. The third-order valence-corrected chi connectivity index (χ3v) is 6.15. The molecule has 2 heteroatoms. The Kier molecular flexibility index (Phi) is 2.77. The van der Waals surface area contributed by atoms with Gasteiger partial charge in [-0.05, 0) is 57.4 Å². The minimum absolute atomic E-state index is 0.802. The molecule has 1 N–H and O–H groups in total. The van der Waals surface area contributed by atoms with Gasteiger partial charge in [0.2, 0.25) is 0 Å². The molecule has 2 heterocycles. The second-order valence-corrected chi connectivity index (χ2v) is 7.08. The molecule has 5 atom stereocenters. The highest BCUT2D eigenvalue weighted by molar-refractivity contribution is 5.13. The molecule has 2 nitrogen and oxygen atoms in total. The first-order valence-corrected chi connectivity index (χ1v) is 7.96. The van der Waals surface area contributed by atoms with Crippen molar-refractivity contribution in [3.8, 4) is 0 Å². The Labute approximate surface area is 111 Å². The molecule has 100 valence electrons. The van der Waals surface area contributed by atoms with Crippen LogP contribution in [0.2, 0.25) is 0 Å². The average Bonchev–Trinajstić information content (AvgIpc) is 2.68. The normalized spacial score (nSPS) is 50.9. The summed E-state index contributed by atoms with van der Waals surface area (Å²) in [6, 6.07) is 3.34. The number of allylic oxidation sites excluding steroid dienone is 1. The monoisotopic (exact) mass is 246 g/mol. The molecule has 3 fully saturated rings. The molecule has 0 radical (unpaired) electrons. The molecule has 0 aromatic carbocycles. The van der Waals surface area contributed by atoms with Crippen molar-refractivity contribution < 1.29 is 0 Å². The number of nitrogens with zero attached hydrogens (tertiary/aromatic N) is 1. The third kappa shape index (κ3) is 1.77. The Bertz CT molecular complexity index is 337. The Morgan fingerprint density at radius 2 is 1.89 bits per heavy atom. The van der Waals surface area contributed by atoms with Crippen molar-refractivity contribution in [2.24, 2.45) is 11.8 Å². The van der Waals surface area contributed by atoms with E-state index in [1.807, 2.05) is 0 Å². The Morgan fingerprint density at radius 3 is 2.61 bits per heavy atom. The highest BCUT2D eigenvalue weighted by Crippen LogP contribution is 2.43. The first-order valence-electron chi connectivity index (χ1n) is 7.96. The van der Waals surface area contributed by atoms with Crippen LogP contribution >= 0.6 is 0 Å². The Balaban J connectivity index is 1.37. The number of nitrogens with one attached hydrogen (secondary N) is 1. The lowest BCUT2D eigenvalue weighted by atomic mass is 9.70. The Morgan fingerprint density at radius 1 is 1.11 bits per heavy atom. The van der Waals surface area contributed by atoms with Gasteiger partial charge in [-0.15, -0.1) is 0 Å². The maximum atomic E-state index is 4.00. The molecule has 1 saturated carbocycles. The SMILES string of the molecule is CN1C2CCCC1CC(NC1CC3CC=CC31)C2. The van der Waals surface area contributed by atoms with Crippen molar-refractivity contribution in [2.75, 3.05) is 7.05 Å². The van der Waals surface area contributed by atoms with E-state index in [4.69, 9.17) is 0 Å². The van der Waals surface area contributed by atoms with Gasteiger partial charge in [0.05, 0.1) is 0 Å². The van der Waals surface area contributed by atoms with Crippen LogP contribution in [0.3, 0.4) is 0 Å². The van der Waals surface area contributed by atoms with Gasteiger partial charge in [-0.25, -0.2) is 0 Å². The summed E-state index contributed by atoms with van der Waals surface area (Å²) in [5.41, 5.74) is 0. The van der Waals surface area contributed by atoms with E-state index in [9.17, 15) is 0 Å². The van der Waals surface area contributed by atoms with Crippen molar-refractivity contribution >= 4 is 0 Å². The molecule has 0 aromatic heterocycles. The number of fused-ring (bicyclic) bond motifs is 3. The van der Waals surface area contributed by atoms with Crippen LogP contribution in [0, 0.1) is 11.8 Å². The fourth-order valence-electron chi connectivity index (χ4n) is 4.96. The van der Waals surface area contributed by atoms with Crippen LogP contribution in [0.5, 0.6) is 0 Å². The Hall–Kier alpha value is -0.340. The van der Waals surface area contributed by atoms with Gasteiger partial charge < -0.3 is 10.2 Å². The highest BCUT2D eigenvalue weighted by atomic mass is 15.2. The molecule has 0 spiro atoms. The van der Waals surface area contributed by atoms with Crippen LogP contribution < -0.4 is 5.32 Å². The maximum Gasteiger partial charge on any atom is 0.0138 e. The van der Waals surface area contributed by atoms with Gasteiger partial charge in [-0.1, -0.05) is 18.6 Å². The lowest BCUT2D eigenvalue weighted by Crippen LogP contribution is -2.59. The predicted octanol–water partition coefficient (Wildman–Crippen LogP) is 2.56. The topological polar surface area (TPSA) is 15.3 Å². The first kappa shape index (κ1) is 11.5. The zero-order valence-electron chi connectivity index (χ0n) is 11.5. The minimum Gasteiger partial charge on any atom is -0.311 e. The van der Waals surface area contributed by atoms with Gasteiger partial charge in [0, 0.05) is 24.2 Å². The lowest BCUT2D eigenvalue weighted by Gasteiger charge is -2.50. The maximum absolute atomic E-state index is 4.00. The largest absolute Gasteiger partial charge is 0.311 e. The molecule has 2 bridgehead atoms. The molecule has 18 heavy (non-hydrogen) atoms. The number of piperidine rings is 2. The van der Waals surface area contributed by atoms with Gasteiger partial charge in [0.15, 0.2) is 0 Å². The summed E-state index contributed by atoms with van der Waals surface area (Å²) >= 11 is 0. The molecule has 2 saturated heterocycles. The van der Waals surface area contributed by atoms with Gasteiger partial charge in [-0.2, -0.15) is 0 Å². The molecule has 0 amide bonds. The van der Waals surface area contributed by atoms with Crippen LogP contribution in [0.15, 0.2) is 12.2 Å². The lowest BCUT2D eigenvalue weighted by molar-refractivity contribution is 0.0342. The van der Waals surface area contributed by atoms with Crippen LogP contribution in [0.25, 0.3) is 0 Å². The van der Waals surface area contributed by atoms with E-state index in [2.05, 4.69) is 29.4 Å². The minimum atomic E-state index is 0.802. The zero-order chi connectivity index (χ0) is 12.1. The molecule has 2 aliphatic heterocycles. The average molecular weight is 246 g/mol. The zero-order valence-corrected chi connectivity index (χ0v) is 11.5. The van der Waals surface area contributed by atoms with Gasteiger partial charge >= 0.3 is 0 Å². The summed E-state index contributed by atoms with van der Waals surface area (Å²) in [5, 5.41) is 4.00. The summed E-state index contributed by atoms with van der Waals surface area (Å²) in [7, 11) is 2.35. The van der Waals surface area contributed by atoms with Crippen molar-refractivity contribution in [1.82, 2.24) is 10.2 Å². The molecular formula is C16H26N2. The van der Waals surface area contributed by atoms with Crippen LogP contribution in [-0.4, -0.2) is 36.1 Å². The van der Waals surface area contributed by atoms with E-state index < -0.39 is 0 Å². The molecule has 5 unspecified atom stereocenters. The van der Waals surface area contributed by atoms with Gasteiger partial charge in [0.25, 0.3) is 0 Å². The van der Waals surface area contributed by atoms with E-state index in [1.165, 1.54) is 44.9 Å². The summed E-state index contributed by atoms with van der Waals surface area (Å²) < 4.78 is 0. The standard InChI is InChI=1S/C16H26N2/c1-18-13-5-3-6-14(18)10-12(9-13)17-16-8-11-4-2-7-15(11)16/h2,7,11-17H,3-6,8-10H2,1H3. The second-order valence-electron chi connectivity index (χ2n) is 7.08. The quantitative estimate of drug-likeness (QED) is 0.753. The van der Waals surface area contributed by atoms with E-state index in [1.54, 1.807) is 0 Å². The third-order valence-electron chi connectivity index (χ3n) is 6.15. The highest BCUT2D eigenvalue weighted by Gasteiger charge is 2.43. The van der Waals surface area contributed by atoms with Crippen LogP contribution in [-0.2, 0) is 0 Å². The molecule has 4 aliphatic rings. The van der Waals surface area contributed by atoms with E-state index >= 15 is 0 Å². The number of rotatable bonds is 2. The van der Waals surface area contributed by atoms with Gasteiger partial charge in [-0.3, -0.25) is 0 Å². The fraction of sp³-hybridized carbons (Fsp3) is 0.875. The second kappa shape index (κ2) is 4.35. The van der Waals surface area contributed by atoms with Crippen molar-refractivity contribution in [1.29, 1.82) is 0 Å². The summed E-state index contributed by atoms with van der Waals surface area (Å²) in [6.07, 6.45) is 14.8. The van der Waals surface area contributed by atoms with Crippen molar-refractivity contribution in [3.63, 3.8) is 0 Å². The van der Waals surface area contributed by atoms with Crippen molar-refractivity contribution in [3.05, 3.63) is 12.2 Å². The molecule has 2 aliphatic carbocycles. The molecule has 0 aromatic rings. The van der Waals surface area contributed by atoms with Crippen molar-refractivity contribution in [2.45, 2.75) is 69.1 Å². The molecular weight excluding hydrogens is 220 g/mol. The van der Waals surface area contributed by atoms with Crippen LogP contribution in [0.1, 0.15) is 44.9 Å². The van der Waals surface area contributed by atoms with E-state index in [0.29, 0.717) is 0 Å². The predicted molar refractivity (Wildman–Crippen MR) is 74.5 cm³/mol. The first-order chi connectivity index (χ1) is 8.81. The summed E-state index contributed by atoms with van der Waals surface area (Å²) in [6.45, 7) is 0. The summed E-state index contributed by atoms with van der Waals surface area (Å²) in [5.74, 6) is 1.87. The van der Waals surface area contributed by atoms with Crippen LogP contribution in [0.4, 0.5) is 0 Å². The number of hydrogen-bond acceptors (Lipinski definition) is 2. The smallest absolute Gasteiger partial charge is 0.0138 e. The van der Waals surface area contributed by atoms with E-state index in [0.717, 1.165) is 36.0 Å². The molecule has 4 rings (SSSR count). The summed E-state index contributed by atoms with van der Waals surface area (Å²) in [4.78, 5) is 2.67. The van der Waals surface area contributed by atoms with Gasteiger partial charge in [0.1, 0.15) is 0 Å².